The lowest BCUT2D eigenvalue weighted by atomic mass is 9.90. The zero-order valence-corrected chi connectivity index (χ0v) is 12.4. The van der Waals surface area contributed by atoms with Gasteiger partial charge in [0.25, 0.3) is 0 Å². The molecule has 0 aromatic heterocycles. The number of ketones is 1. The minimum atomic E-state index is -3.27. The number of sulfone groups is 1. The van der Waals surface area contributed by atoms with Crippen molar-refractivity contribution >= 4 is 15.6 Å². The minimum Gasteiger partial charge on any atom is -0.487 e. The van der Waals surface area contributed by atoms with Gasteiger partial charge in [0.05, 0.1) is 4.90 Å². The van der Waals surface area contributed by atoms with Gasteiger partial charge in [0.2, 0.25) is 0 Å². The summed E-state index contributed by atoms with van der Waals surface area (Å²) >= 11 is 0. The summed E-state index contributed by atoms with van der Waals surface area (Å²) in [5.41, 5.74) is 0. The van der Waals surface area contributed by atoms with Gasteiger partial charge < -0.3 is 9.47 Å². The number of rotatable bonds is 6. The Morgan fingerprint density at radius 2 is 2.10 bits per heavy atom. The van der Waals surface area contributed by atoms with Crippen molar-refractivity contribution in [1.82, 2.24) is 0 Å². The maximum atomic E-state index is 11.5. The van der Waals surface area contributed by atoms with E-state index in [9.17, 15) is 13.2 Å². The van der Waals surface area contributed by atoms with Crippen LogP contribution < -0.4 is 4.74 Å². The first-order chi connectivity index (χ1) is 9.41. The molecule has 6 heteroatoms. The summed E-state index contributed by atoms with van der Waals surface area (Å²) in [7, 11) is -3.27. The number of hydrogen-bond acceptors (Lipinski definition) is 5. The van der Waals surface area contributed by atoms with Gasteiger partial charge in [-0.3, -0.25) is 4.79 Å². The van der Waals surface area contributed by atoms with E-state index in [4.69, 9.17) is 9.47 Å². The van der Waals surface area contributed by atoms with E-state index in [0.29, 0.717) is 18.8 Å². The number of carbonyl (C=O) groups excluding carboxylic acids is 1. The van der Waals surface area contributed by atoms with Gasteiger partial charge >= 0.3 is 0 Å². The van der Waals surface area contributed by atoms with Crippen LogP contribution in [-0.2, 0) is 19.4 Å². The molecular formula is C14H18O5S. The molecule has 0 radical (unpaired) electrons. The standard InChI is InChI=1S/C14H18O5S/c1-3-7-18-14-12(15)9-13(14)19-10-5-4-6-11(8-10)20(2,16)17/h4-6,8,13-14H,3,7,9H2,1-2H3. The zero-order valence-electron chi connectivity index (χ0n) is 11.5. The van der Waals surface area contributed by atoms with Gasteiger partial charge in [0.1, 0.15) is 11.9 Å². The molecule has 2 unspecified atom stereocenters. The average Bonchev–Trinajstić information content (AvgIpc) is 2.38. The number of benzene rings is 1. The van der Waals surface area contributed by atoms with Gasteiger partial charge in [-0.15, -0.1) is 0 Å². The summed E-state index contributed by atoms with van der Waals surface area (Å²) in [6.07, 6.45) is 1.42. The molecule has 20 heavy (non-hydrogen) atoms. The van der Waals surface area contributed by atoms with Crippen LogP contribution in [-0.4, -0.2) is 39.3 Å². The third-order valence-electron chi connectivity index (χ3n) is 3.08. The number of hydrogen-bond donors (Lipinski definition) is 0. The fourth-order valence-corrected chi connectivity index (χ4v) is 2.63. The molecule has 0 saturated heterocycles. The molecule has 0 spiro atoms. The van der Waals surface area contributed by atoms with Crippen LogP contribution in [0.25, 0.3) is 0 Å². The number of Topliss-reactive ketones (excluding diaryl/α,β-unsaturated/α-hetero) is 1. The highest BCUT2D eigenvalue weighted by atomic mass is 32.2. The maximum Gasteiger partial charge on any atom is 0.175 e. The predicted molar refractivity (Wildman–Crippen MR) is 73.6 cm³/mol. The topological polar surface area (TPSA) is 69.7 Å². The fourth-order valence-electron chi connectivity index (χ4n) is 1.97. The van der Waals surface area contributed by atoms with E-state index in [1.165, 1.54) is 12.1 Å². The Balaban J connectivity index is 2.05. The summed E-state index contributed by atoms with van der Waals surface area (Å²) < 4.78 is 34.0. The zero-order chi connectivity index (χ0) is 14.8. The smallest absolute Gasteiger partial charge is 0.175 e. The molecule has 2 rings (SSSR count). The van der Waals surface area contributed by atoms with Crippen LogP contribution >= 0.6 is 0 Å². The summed E-state index contributed by atoms with van der Waals surface area (Å²) in [6.45, 7) is 2.48. The predicted octanol–water partition coefficient (Wildman–Crippen LogP) is 1.61. The average molecular weight is 298 g/mol. The lowest BCUT2D eigenvalue weighted by Crippen LogP contribution is -2.52. The first-order valence-corrected chi connectivity index (χ1v) is 8.42. The molecule has 1 aliphatic rings. The van der Waals surface area contributed by atoms with Gasteiger partial charge in [-0.2, -0.15) is 0 Å². The van der Waals surface area contributed by atoms with Crippen molar-refractivity contribution in [3.63, 3.8) is 0 Å². The summed E-state index contributed by atoms with van der Waals surface area (Å²) in [4.78, 5) is 11.7. The van der Waals surface area contributed by atoms with Crippen LogP contribution in [0, 0.1) is 0 Å². The fraction of sp³-hybridized carbons (Fsp3) is 0.500. The van der Waals surface area contributed by atoms with E-state index in [1.807, 2.05) is 6.92 Å². The number of ether oxygens (including phenoxy) is 2. The molecule has 1 aromatic carbocycles. The van der Waals surface area contributed by atoms with E-state index in [-0.39, 0.29) is 16.8 Å². The van der Waals surface area contributed by atoms with Crippen LogP contribution in [0.2, 0.25) is 0 Å². The second-order valence-corrected chi connectivity index (χ2v) is 6.88. The molecule has 110 valence electrons. The Kier molecular flexibility index (Phi) is 4.45. The van der Waals surface area contributed by atoms with Crippen molar-refractivity contribution in [3.8, 4) is 5.75 Å². The van der Waals surface area contributed by atoms with E-state index in [0.717, 1.165) is 12.7 Å². The molecule has 0 amide bonds. The highest BCUT2D eigenvalue weighted by molar-refractivity contribution is 7.90. The lowest BCUT2D eigenvalue weighted by molar-refractivity contribution is -0.154. The Bertz CT molecular complexity index is 593. The number of carbonyl (C=O) groups is 1. The van der Waals surface area contributed by atoms with Crippen LogP contribution in [0.3, 0.4) is 0 Å². The van der Waals surface area contributed by atoms with Crippen molar-refractivity contribution in [3.05, 3.63) is 24.3 Å². The third kappa shape index (κ3) is 3.37. The van der Waals surface area contributed by atoms with Gasteiger partial charge in [0.15, 0.2) is 21.7 Å². The van der Waals surface area contributed by atoms with Crippen molar-refractivity contribution in [2.24, 2.45) is 0 Å². The van der Waals surface area contributed by atoms with Crippen LogP contribution in [0.1, 0.15) is 19.8 Å². The van der Waals surface area contributed by atoms with Gasteiger partial charge in [-0.05, 0) is 24.6 Å². The quantitative estimate of drug-likeness (QED) is 0.798. The third-order valence-corrected chi connectivity index (χ3v) is 4.19. The molecule has 1 fully saturated rings. The molecule has 1 aromatic rings. The summed E-state index contributed by atoms with van der Waals surface area (Å²) in [5.74, 6) is 0.471. The summed E-state index contributed by atoms with van der Waals surface area (Å²) in [5, 5.41) is 0. The minimum absolute atomic E-state index is 0.0303. The highest BCUT2D eigenvalue weighted by Gasteiger charge is 2.42. The lowest BCUT2D eigenvalue weighted by Gasteiger charge is -2.34. The van der Waals surface area contributed by atoms with Gasteiger partial charge in [-0.25, -0.2) is 8.42 Å². The Morgan fingerprint density at radius 1 is 1.35 bits per heavy atom. The molecule has 5 nitrogen and oxygen atoms in total. The molecular weight excluding hydrogens is 280 g/mol. The Morgan fingerprint density at radius 3 is 2.70 bits per heavy atom. The van der Waals surface area contributed by atoms with Crippen molar-refractivity contribution < 1.29 is 22.7 Å². The van der Waals surface area contributed by atoms with E-state index in [2.05, 4.69) is 0 Å². The second kappa shape index (κ2) is 5.93. The largest absolute Gasteiger partial charge is 0.487 e. The first kappa shape index (κ1) is 15.0. The summed E-state index contributed by atoms with van der Waals surface area (Å²) in [6, 6.07) is 6.27. The molecule has 0 heterocycles. The molecule has 1 aliphatic carbocycles. The van der Waals surface area contributed by atoms with Gasteiger partial charge in [0, 0.05) is 19.3 Å². The molecule has 2 atom stereocenters. The SMILES string of the molecule is CCCOC1C(=O)CC1Oc1cccc(S(C)(=O)=O)c1. The van der Waals surface area contributed by atoms with Crippen LogP contribution in [0.4, 0.5) is 0 Å². The first-order valence-electron chi connectivity index (χ1n) is 6.53. The second-order valence-electron chi connectivity index (χ2n) is 4.87. The molecule has 1 saturated carbocycles. The molecule has 0 bridgehead atoms. The van der Waals surface area contributed by atoms with Crippen molar-refractivity contribution in [2.75, 3.05) is 12.9 Å². The molecule has 0 aliphatic heterocycles. The van der Waals surface area contributed by atoms with E-state index < -0.39 is 15.9 Å². The monoisotopic (exact) mass is 298 g/mol. The Hall–Kier alpha value is -1.40. The van der Waals surface area contributed by atoms with Crippen molar-refractivity contribution in [2.45, 2.75) is 36.9 Å². The van der Waals surface area contributed by atoms with Crippen molar-refractivity contribution in [1.29, 1.82) is 0 Å². The highest BCUT2D eigenvalue weighted by Crippen LogP contribution is 2.27. The molecule has 0 N–H and O–H groups in total. The van der Waals surface area contributed by atoms with Crippen LogP contribution in [0.15, 0.2) is 29.2 Å². The van der Waals surface area contributed by atoms with E-state index in [1.54, 1.807) is 12.1 Å². The normalized spacial score (nSPS) is 22.4. The van der Waals surface area contributed by atoms with E-state index >= 15 is 0 Å². The maximum absolute atomic E-state index is 11.5. The van der Waals surface area contributed by atoms with Gasteiger partial charge in [-0.1, -0.05) is 13.0 Å². The Labute approximate surface area is 118 Å². The van der Waals surface area contributed by atoms with Crippen LogP contribution in [0.5, 0.6) is 5.75 Å².